The fourth-order valence-electron chi connectivity index (χ4n) is 3.87. The predicted molar refractivity (Wildman–Crippen MR) is 114 cm³/mol. The molecule has 142 valence electrons. The summed E-state index contributed by atoms with van der Waals surface area (Å²) in [6.45, 7) is 4.09. The quantitative estimate of drug-likeness (QED) is 0.424. The van der Waals surface area contributed by atoms with Crippen molar-refractivity contribution in [3.8, 4) is 0 Å². The zero-order chi connectivity index (χ0) is 20.0. The van der Waals surface area contributed by atoms with E-state index in [1.165, 1.54) is 7.11 Å². The minimum absolute atomic E-state index is 0.325. The fourth-order valence-corrected chi connectivity index (χ4v) is 3.87. The van der Waals surface area contributed by atoms with Gasteiger partial charge in [-0.05, 0) is 23.3 Å². The first kappa shape index (κ1) is 19.4. The summed E-state index contributed by atoms with van der Waals surface area (Å²) in [6.07, 6.45) is 1.83. The largest absolute Gasteiger partial charge is 0.467 e. The Labute approximate surface area is 166 Å². The topological polar surface area (TPSA) is 29.5 Å². The second-order valence-electron chi connectivity index (χ2n) is 6.64. The lowest BCUT2D eigenvalue weighted by Gasteiger charge is -2.45. The Morgan fingerprint density at radius 1 is 0.929 bits per heavy atom. The number of likely N-dealkylation sites (N-methyl/N-ethyl adjacent to an activating group) is 1. The van der Waals surface area contributed by atoms with Gasteiger partial charge in [0.15, 0.2) is 5.54 Å². The smallest absolute Gasteiger partial charge is 0.337 e. The maximum absolute atomic E-state index is 13.5. The highest BCUT2D eigenvalue weighted by Gasteiger charge is 2.51. The molecule has 0 aliphatic heterocycles. The van der Waals surface area contributed by atoms with Crippen LogP contribution in [0.2, 0.25) is 0 Å². The van der Waals surface area contributed by atoms with E-state index in [1.807, 2.05) is 109 Å². The number of hydrogen-bond donors (Lipinski definition) is 0. The lowest BCUT2D eigenvalue weighted by molar-refractivity contribution is -0.148. The number of para-hydroxylation sites is 1. The molecule has 3 heteroatoms. The number of ether oxygens (including phenoxy) is 1. The SMILES string of the molecule is C=CC(c1ccccc1)C(C(=O)OC)(c1ccccc1)N(C)c1ccccc1. The molecule has 0 spiro atoms. The van der Waals surface area contributed by atoms with Gasteiger partial charge in [-0.1, -0.05) is 84.9 Å². The van der Waals surface area contributed by atoms with Crippen molar-refractivity contribution in [3.63, 3.8) is 0 Å². The second-order valence-corrected chi connectivity index (χ2v) is 6.64. The van der Waals surface area contributed by atoms with E-state index in [0.717, 1.165) is 16.8 Å². The molecule has 0 radical (unpaired) electrons. The van der Waals surface area contributed by atoms with E-state index in [4.69, 9.17) is 4.74 Å². The van der Waals surface area contributed by atoms with Crippen molar-refractivity contribution in [2.75, 3.05) is 19.1 Å². The number of rotatable bonds is 7. The Kier molecular flexibility index (Phi) is 5.95. The van der Waals surface area contributed by atoms with E-state index < -0.39 is 5.54 Å². The van der Waals surface area contributed by atoms with Crippen LogP contribution in [0, 0.1) is 0 Å². The van der Waals surface area contributed by atoms with Gasteiger partial charge in [-0.3, -0.25) is 0 Å². The molecule has 0 aromatic heterocycles. The molecular weight excluding hydrogens is 346 g/mol. The minimum Gasteiger partial charge on any atom is -0.467 e. The van der Waals surface area contributed by atoms with Crippen molar-refractivity contribution in [3.05, 3.63) is 115 Å². The highest BCUT2D eigenvalue weighted by atomic mass is 16.5. The first-order chi connectivity index (χ1) is 13.7. The van der Waals surface area contributed by atoms with Gasteiger partial charge in [-0.2, -0.15) is 0 Å². The van der Waals surface area contributed by atoms with Crippen molar-refractivity contribution in [1.82, 2.24) is 0 Å². The minimum atomic E-state index is -1.11. The number of benzene rings is 3. The Balaban J connectivity index is 2.33. The number of hydrogen-bond acceptors (Lipinski definition) is 3. The summed E-state index contributed by atoms with van der Waals surface area (Å²) in [5.41, 5.74) is 1.65. The highest BCUT2D eigenvalue weighted by molar-refractivity contribution is 5.89. The van der Waals surface area contributed by atoms with Crippen molar-refractivity contribution < 1.29 is 9.53 Å². The van der Waals surface area contributed by atoms with Crippen molar-refractivity contribution >= 4 is 11.7 Å². The van der Waals surface area contributed by atoms with Crippen molar-refractivity contribution in [1.29, 1.82) is 0 Å². The zero-order valence-electron chi connectivity index (χ0n) is 16.3. The van der Waals surface area contributed by atoms with Gasteiger partial charge in [0.2, 0.25) is 0 Å². The van der Waals surface area contributed by atoms with E-state index in [2.05, 4.69) is 6.58 Å². The Hall–Kier alpha value is -3.33. The van der Waals surface area contributed by atoms with E-state index in [1.54, 1.807) is 0 Å². The molecule has 0 fully saturated rings. The molecule has 0 saturated heterocycles. The summed E-state index contributed by atoms with van der Waals surface area (Å²) in [5, 5.41) is 0. The van der Waals surface area contributed by atoms with Crippen molar-refractivity contribution in [2.24, 2.45) is 0 Å². The Bertz CT molecular complexity index is 909. The average molecular weight is 371 g/mol. The summed E-state index contributed by atoms with van der Waals surface area (Å²) in [5.74, 6) is -0.660. The molecule has 3 aromatic carbocycles. The fraction of sp³-hybridized carbons (Fsp3) is 0.160. The van der Waals surface area contributed by atoms with E-state index in [0.29, 0.717) is 0 Å². The van der Waals surface area contributed by atoms with Gasteiger partial charge >= 0.3 is 5.97 Å². The maximum atomic E-state index is 13.5. The molecule has 2 unspecified atom stereocenters. The van der Waals surface area contributed by atoms with Crippen LogP contribution in [0.5, 0.6) is 0 Å². The third-order valence-electron chi connectivity index (χ3n) is 5.23. The van der Waals surface area contributed by atoms with Crippen LogP contribution in [0.3, 0.4) is 0 Å². The molecule has 28 heavy (non-hydrogen) atoms. The summed E-state index contributed by atoms with van der Waals surface area (Å²) in [6, 6.07) is 29.6. The Morgan fingerprint density at radius 3 is 1.93 bits per heavy atom. The molecule has 0 bridgehead atoms. The number of anilines is 1. The molecule has 0 N–H and O–H groups in total. The van der Waals surface area contributed by atoms with E-state index in [-0.39, 0.29) is 11.9 Å². The molecule has 3 nitrogen and oxygen atoms in total. The third-order valence-corrected chi connectivity index (χ3v) is 5.23. The molecular formula is C25H25NO2. The summed E-state index contributed by atoms with van der Waals surface area (Å²) >= 11 is 0. The number of methoxy groups -OCH3 is 1. The normalized spacial score (nSPS) is 13.8. The lowest BCUT2D eigenvalue weighted by Crippen LogP contribution is -2.55. The third kappa shape index (κ3) is 3.31. The molecule has 0 aliphatic rings. The first-order valence-corrected chi connectivity index (χ1v) is 9.26. The van der Waals surface area contributed by atoms with Crippen LogP contribution in [0.25, 0.3) is 0 Å². The van der Waals surface area contributed by atoms with E-state index in [9.17, 15) is 4.79 Å². The van der Waals surface area contributed by atoms with Crippen LogP contribution in [-0.2, 0) is 15.1 Å². The standard InChI is InChI=1S/C25H25NO2/c1-4-23(20-14-8-5-9-15-20)25(24(27)28-3,21-16-10-6-11-17-21)26(2)22-18-12-7-13-19-22/h4-19,23H,1H2,2-3H3. The van der Waals surface area contributed by atoms with Crippen LogP contribution < -0.4 is 4.90 Å². The predicted octanol–water partition coefficient (Wildman–Crippen LogP) is 5.16. The Morgan fingerprint density at radius 2 is 1.43 bits per heavy atom. The molecule has 0 amide bonds. The van der Waals surface area contributed by atoms with Gasteiger partial charge in [0, 0.05) is 18.7 Å². The number of carbonyl (C=O) groups excluding carboxylic acids is 1. The second kappa shape index (κ2) is 8.57. The number of carbonyl (C=O) groups is 1. The molecule has 3 aromatic rings. The number of nitrogens with zero attached hydrogens (tertiary/aromatic N) is 1. The molecule has 3 rings (SSSR count). The summed E-state index contributed by atoms with van der Waals surface area (Å²) < 4.78 is 5.39. The maximum Gasteiger partial charge on any atom is 0.337 e. The van der Waals surface area contributed by atoms with Gasteiger partial charge in [0.1, 0.15) is 0 Å². The van der Waals surface area contributed by atoms with Crippen LogP contribution in [0.15, 0.2) is 104 Å². The number of esters is 1. The van der Waals surface area contributed by atoms with Gasteiger partial charge in [0.05, 0.1) is 7.11 Å². The van der Waals surface area contributed by atoms with Crippen LogP contribution >= 0.6 is 0 Å². The van der Waals surface area contributed by atoms with Crippen LogP contribution in [0.4, 0.5) is 5.69 Å². The van der Waals surface area contributed by atoms with Gasteiger partial charge in [-0.15, -0.1) is 6.58 Å². The summed E-state index contributed by atoms with van der Waals surface area (Å²) in [4.78, 5) is 15.5. The molecule has 2 atom stereocenters. The molecule has 0 aliphatic carbocycles. The highest BCUT2D eigenvalue weighted by Crippen LogP contribution is 2.45. The van der Waals surface area contributed by atoms with Gasteiger partial charge in [-0.25, -0.2) is 4.79 Å². The van der Waals surface area contributed by atoms with Crippen molar-refractivity contribution in [2.45, 2.75) is 11.5 Å². The first-order valence-electron chi connectivity index (χ1n) is 9.26. The summed E-state index contributed by atoms with van der Waals surface area (Å²) in [7, 11) is 3.36. The van der Waals surface area contributed by atoms with Gasteiger partial charge in [0.25, 0.3) is 0 Å². The van der Waals surface area contributed by atoms with Crippen LogP contribution in [0.1, 0.15) is 17.0 Å². The van der Waals surface area contributed by atoms with Gasteiger partial charge < -0.3 is 9.64 Å². The molecule has 0 saturated carbocycles. The van der Waals surface area contributed by atoms with E-state index >= 15 is 0 Å². The van der Waals surface area contributed by atoms with Crippen LogP contribution in [-0.4, -0.2) is 20.1 Å². The zero-order valence-corrected chi connectivity index (χ0v) is 16.3. The molecule has 0 heterocycles. The average Bonchev–Trinajstić information content (AvgIpc) is 2.78. The monoisotopic (exact) mass is 371 g/mol. The lowest BCUT2D eigenvalue weighted by atomic mass is 9.73.